The van der Waals surface area contributed by atoms with Crippen molar-refractivity contribution in [2.24, 2.45) is 7.05 Å². The molecule has 0 saturated carbocycles. The highest BCUT2D eigenvalue weighted by molar-refractivity contribution is 5.69. The smallest absolute Gasteiger partial charge is 0.207 e. The Labute approximate surface area is 160 Å². The largest absolute Gasteiger partial charge is 0.358 e. The van der Waals surface area contributed by atoms with Gasteiger partial charge in [-0.1, -0.05) is 48.9 Å². The first-order valence-corrected chi connectivity index (χ1v) is 9.28. The molecular weight excluding hydrogens is 336 g/mol. The summed E-state index contributed by atoms with van der Waals surface area (Å²) < 4.78 is 1.90. The molecule has 3 aromatic rings. The van der Waals surface area contributed by atoms with E-state index >= 15 is 0 Å². The molecule has 0 radical (unpaired) electrons. The first kappa shape index (κ1) is 18.7. The Balaban J connectivity index is 1.79. The van der Waals surface area contributed by atoms with Crippen LogP contribution in [0.1, 0.15) is 23.7 Å². The number of hydrogen-bond donors (Lipinski definition) is 2. The van der Waals surface area contributed by atoms with Gasteiger partial charge in [-0.05, 0) is 36.6 Å². The minimum absolute atomic E-state index is 0.612. The van der Waals surface area contributed by atoms with Gasteiger partial charge in [-0.15, -0.1) is 0 Å². The van der Waals surface area contributed by atoms with Crippen LogP contribution in [0, 0.1) is 6.92 Å². The van der Waals surface area contributed by atoms with Crippen LogP contribution in [0.15, 0.2) is 48.5 Å². The van der Waals surface area contributed by atoms with Crippen LogP contribution in [0.2, 0.25) is 0 Å². The van der Waals surface area contributed by atoms with Crippen molar-refractivity contribution in [1.29, 1.82) is 0 Å². The lowest BCUT2D eigenvalue weighted by Gasteiger charge is -2.08. The van der Waals surface area contributed by atoms with E-state index < -0.39 is 0 Å². The molecule has 0 bridgehead atoms. The third kappa shape index (κ3) is 4.37. The highest BCUT2D eigenvalue weighted by Crippen LogP contribution is 2.26. The van der Waals surface area contributed by atoms with Gasteiger partial charge in [0.2, 0.25) is 6.41 Å². The number of rotatable bonds is 8. The summed E-state index contributed by atoms with van der Waals surface area (Å²) in [5.74, 6) is 0.879. The number of aryl methyl sites for hydroxylation is 2. The van der Waals surface area contributed by atoms with Gasteiger partial charge in [-0.3, -0.25) is 9.48 Å². The van der Waals surface area contributed by atoms with Crippen LogP contribution in [0.5, 0.6) is 0 Å². The topological polar surface area (TPSA) is 59.0 Å². The number of benzene rings is 2. The fourth-order valence-electron chi connectivity index (χ4n) is 3.34. The molecule has 0 spiro atoms. The molecule has 0 unspecified atom stereocenters. The Bertz CT molecular complexity index is 913. The number of carbonyl (C=O) groups excluding carboxylic acids is 1. The molecule has 1 amide bonds. The summed E-state index contributed by atoms with van der Waals surface area (Å²) in [7, 11) is 1.95. The normalized spacial score (nSPS) is 10.6. The summed E-state index contributed by atoms with van der Waals surface area (Å²) in [6.45, 7) is 4.84. The average Bonchev–Trinajstić information content (AvgIpc) is 2.97. The highest BCUT2D eigenvalue weighted by Gasteiger charge is 2.14. The molecule has 5 nitrogen and oxygen atoms in total. The number of nitrogens with one attached hydrogen (secondary N) is 2. The van der Waals surface area contributed by atoms with Crippen LogP contribution in [0.3, 0.4) is 0 Å². The summed E-state index contributed by atoms with van der Waals surface area (Å²) in [5.41, 5.74) is 7.02. The van der Waals surface area contributed by atoms with Gasteiger partial charge in [0.25, 0.3) is 0 Å². The summed E-state index contributed by atoms with van der Waals surface area (Å²) in [6.07, 6.45) is 2.38. The van der Waals surface area contributed by atoms with Crippen LogP contribution in [0.4, 0.5) is 11.5 Å². The molecule has 0 atom stereocenters. The van der Waals surface area contributed by atoms with Crippen LogP contribution < -0.4 is 10.6 Å². The maximum absolute atomic E-state index is 10.5. The molecule has 0 aliphatic carbocycles. The molecule has 2 N–H and O–H groups in total. The van der Waals surface area contributed by atoms with Gasteiger partial charge in [-0.25, -0.2) is 0 Å². The molecule has 1 aromatic heterocycles. The maximum atomic E-state index is 10.5. The Morgan fingerprint density at radius 3 is 2.56 bits per heavy atom. The number of aromatic nitrogens is 2. The molecule has 2 aromatic carbocycles. The van der Waals surface area contributed by atoms with Gasteiger partial charge in [0.05, 0.1) is 0 Å². The summed E-state index contributed by atoms with van der Waals surface area (Å²) in [5, 5.41) is 10.8. The van der Waals surface area contributed by atoms with E-state index in [1.807, 2.05) is 11.7 Å². The first-order valence-electron chi connectivity index (χ1n) is 9.28. The highest BCUT2D eigenvalue weighted by atomic mass is 16.1. The van der Waals surface area contributed by atoms with E-state index in [-0.39, 0.29) is 0 Å². The first-order chi connectivity index (χ1) is 13.1. The minimum Gasteiger partial charge on any atom is -0.358 e. The molecular formula is C22H26N4O. The number of amides is 1. The fraction of sp³-hybridized carbons (Fsp3) is 0.273. The van der Waals surface area contributed by atoms with E-state index in [9.17, 15) is 4.79 Å². The van der Waals surface area contributed by atoms with Crippen molar-refractivity contribution in [2.75, 3.05) is 11.9 Å². The number of nitrogens with zero attached hydrogens (tertiary/aromatic N) is 2. The summed E-state index contributed by atoms with van der Waals surface area (Å²) in [6, 6.07) is 16.9. The van der Waals surface area contributed by atoms with Crippen molar-refractivity contribution in [3.63, 3.8) is 0 Å². The molecule has 3 rings (SSSR count). The number of anilines is 2. The second-order valence-electron chi connectivity index (χ2n) is 6.64. The summed E-state index contributed by atoms with van der Waals surface area (Å²) >= 11 is 0. The van der Waals surface area contributed by atoms with Crippen molar-refractivity contribution in [2.45, 2.75) is 26.7 Å². The van der Waals surface area contributed by atoms with Gasteiger partial charge in [0.1, 0.15) is 0 Å². The van der Waals surface area contributed by atoms with Crippen molar-refractivity contribution in [1.82, 2.24) is 15.1 Å². The molecule has 5 heteroatoms. The SMILES string of the molecule is CCc1c(Nc2ccc(-c3cccc(C)c3)cc2)nn(C)c1CCNC=O. The molecule has 0 fully saturated rings. The zero-order chi connectivity index (χ0) is 19.2. The Kier molecular flexibility index (Phi) is 5.91. The third-order valence-electron chi connectivity index (χ3n) is 4.72. The van der Waals surface area contributed by atoms with E-state index in [4.69, 9.17) is 0 Å². The molecule has 0 saturated heterocycles. The van der Waals surface area contributed by atoms with Crippen molar-refractivity contribution < 1.29 is 4.79 Å². The Morgan fingerprint density at radius 2 is 1.89 bits per heavy atom. The van der Waals surface area contributed by atoms with Crippen molar-refractivity contribution in [3.05, 3.63) is 65.4 Å². The Hall–Kier alpha value is -3.08. The van der Waals surface area contributed by atoms with Crippen LogP contribution in [-0.2, 0) is 24.7 Å². The standard InChI is InChI=1S/C22H26N4O/c1-4-20-21(12-13-23-15-27)26(3)25-22(20)24-19-10-8-17(9-11-19)18-7-5-6-16(2)14-18/h5-11,14-15H,4,12-13H2,1-3H3,(H,23,27)(H,24,25). The van der Waals surface area contributed by atoms with E-state index in [2.05, 4.69) is 78.1 Å². The quantitative estimate of drug-likeness (QED) is 0.470. The van der Waals surface area contributed by atoms with E-state index in [0.717, 1.165) is 36.5 Å². The second kappa shape index (κ2) is 8.54. The number of hydrogen-bond acceptors (Lipinski definition) is 3. The monoisotopic (exact) mass is 362 g/mol. The zero-order valence-corrected chi connectivity index (χ0v) is 16.1. The van der Waals surface area contributed by atoms with Gasteiger partial charge < -0.3 is 10.6 Å². The Morgan fingerprint density at radius 1 is 1.11 bits per heavy atom. The zero-order valence-electron chi connectivity index (χ0n) is 16.1. The third-order valence-corrected chi connectivity index (χ3v) is 4.72. The van der Waals surface area contributed by atoms with E-state index in [1.165, 1.54) is 22.3 Å². The molecule has 140 valence electrons. The van der Waals surface area contributed by atoms with Gasteiger partial charge in [0.15, 0.2) is 5.82 Å². The molecule has 27 heavy (non-hydrogen) atoms. The fourth-order valence-corrected chi connectivity index (χ4v) is 3.34. The molecule has 0 aliphatic heterocycles. The van der Waals surface area contributed by atoms with Crippen LogP contribution >= 0.6 is 0 Å². The minimum atomic E-state index is 0.612. The van der Waals surface area contributed by atoms with Crippen molar-refractivity contribution in [3.8, 4) is 11.1 Å². The van der Waals surface area contributed by atoms with E-state index in [0.29, 0.717) is 6.54 Å². The van der Waals surface area contributed by atoms with Crippen molar-refractivity contribution >= 4 is 17.9 Å². The predicted molar refractivity (Wildman–Crippen MR) is 110 cm³/mol. The van der Waals surface area contributed by atoms with Gasteiger partial charge >= 0.3 is 0 Å². The molecule has 1 heterocycles. The lowest BCUT2D eigenvalue weighted by Crippen LogP contribution is -2.16. The lowest BCUT2D eigenvalue weighted by atomic mass is 10.0. The maximum Gasteiger partial charge on any atom is 0.207 e. The molecule has 0 aliphatic rings. The second-order valence-corrected chi connectivity index (χ2v) is 6.64. The number of carbonyl (C=O) groups is 1. The van der Waals surface area contributed by atoms with Gasteiger partial charge in [0, 0.05) is 37.0 Å². The average molecular weight is 362 g/mol. The summed E-state index contributed by atoms with van der Waals surface area (Å²) in [4.78, 5) is 10.5. The predicted octanol–water partition coefficient (Wildman–Crippen LogP) is 3.99. The van der Waals surface area contributed by atoms with Crippen LogP contribution in [0.25, 0.3) is 11.1 Å². The van der Waals surface area contributed by atoms with E-state index in [1.54, 1.807) is 0 Å². The van der Waals surface area contributed by atoms with Crippen LogP contribution in [-0.4, -0.2) is 22.7 Å². The lowest BCUT2D eigenvalue weighted by molar-refractivity contribution is -0.109. The van der Waals surface area contributed by atoms with Gasteiger partial charge in [-0.2, -0.15) is 5.10 Å².